The van der Waals surface area contributed by atoms with E-state index < -0.39 is 15.3 Å². The van der Waals surface area contributed by atoms with Crippen LogP contribution in [0.5, 0.6) is 0 Å². The minimum absolute atomic E-state index is 0.00252. The standard InChI is InChI=1S/C15H32N2O3S/c1-5-9-16-12-13(4)21(18,19)17-14-8-10-20-15(6-2,7-3)11-14/h13-14,16-17H,5-12H2,1-4H3. The maximum atomic E-state index is 12.4. The van der Waals surface area contributed by atoms with E-state index in [0.29, 0.717) is 13.2 Å². The fraction of sp³-hybridized carbons (Fsp3) is 1.00. The molecule has 0 spiro atoms. The molecule has 0 amide bonds. The molecule has 1 rings (SSSR count). The van der Waals surface area contributed by atoms with Crippen molar-refractivity contribution in [3.05, 3.63) is 0 Å². The van der Waals surface area contributed by atoms with Crippen molar-refractivity contribution in [3.63, 3.8) is 0 Å². The summed E-state index contributed by atoms with van der Waals surface area (Å²) < 4.78 is 33.6. The Kier molecular flexibility index (Phi) is 7.60. The van der Waals surface area contributed by atoms with Crippen molar-refractivity contribution in [2.45, 2.75) is 76.7 Å². The highest BCUT2D eigenvalue weighted by atomic mass is 32.2. The monoisotopic (exact) mass is 320 g/mol. The van der Waals surface area contributed by atoms with Gasteiger partial charge in [-0.25, -0.2) is 13.1 Å². The van der Waals surface area contributed by atoms with Gasteiger partial charge in [-0.05, 0) is 45.6 Å². The van der Waals surface area contributed by atoms with E-state index in [0.717, 1.165) is 38.6 Å². The van der Waals surface area contributed by atoms with Gasteiger partial charge < -0.3 is 10.1 Å². The summed E-state index contributed by atoms with van der Waals surface area (Å²) in [4.78, 5) is 0. The van der Waals surface area contributed by atoms with Gasteiger partial charge in [0.15, 0.2) is 0 Å². The lowest BCUT2D eigenvalue weighted by Gasteiger charge is -2.40. The van der Waals surface area contributed by atoms with E-state index in [1.165, 1.54) is 0 Å². The number of hydrogen-bond acceptors (Lipinski definition) is 4. The molecule has 2 N–H and O–H groups in total. The highest BCUT2D eigenvalue weighted by molar-refractivity contribution is 7.90. The topological polar surface area (TPSA) is 67.4 Å². The second kappa shape index (κ2) is 8.46. The first-order valence-electron chi connectivity index (χ1n) is 8.25. The molecule has 0 radical (unpaired) electrons. The summed E-state index contributed by atoms with van der Waals surface area (Å²) in [6.45, 7) is 10.0. The molecule has 1 heterocycles. The van der Waals surface area contributed by atoms with E-state index in [4.69, 9.17) is 4.74 Å². The maximum Gasteiger partial charge on any atom is 0.215 e. The molecular formula is C15H32N2O3S. The first-order valence-corrected chi connectivity index (χ1v) is 9.79. The third kappa shape index (κ3) is 5.51. The highest BCUT2D eigenvalue weighted by Crippen LogP contribution is 2.31. The summed E-state index contributed by atoms with van der Waals surface area (Å²) in [6.07, 6.45) is 4.39. The maximum absolute atomic E-state index is 12.4. The molecule has 0 aromatic heterocycles. The van der Waals surface area contributed by atoms with Crippen LogP contribution in [0.3, 0.4) is 0 Å². The lowest BCUT2D eigenvalue weighted by atomic mass is 9.86. The van der Waals surface area contributed by atoms with Crippen molar-refractivity contribution >= 4 is 10.0 Å². The summed E-state index contributed by atoms with van der Waals surface area (Å²) in [5.74, 6) is 0. The summed E-state index contributed by atoms with van der Waals surface area (Å²) >= 11 is 0. The minimum atomic E-state index is -3.28. The Morgan fingerprint density at radius 3 is 2.52 bits per heavy atom. The van der Waals surface area contributed by atoms with E-state index in [1.807, 2.05) is 0 Å². The first-order chi connectivity index (χ1) is 9.89. The first kappa shape index (κ1) is 18.9. The van der Waals surface area contributed by atoms with Crippen LogP contribution in [0.1, 0.15) is 59.8 Å². The van der Waals surface area contributed by atoms with Gasteiger partial charge in [0.25, 0.3) is 0 Å². The second-order valence-electron chi connectivity index (χ2n) is 6.11. The van der Waals surface area contributed by atoms with Crippen LogP contribution in [0.2, 0.25) is 0 Å². The van der Waals surface area contributed by atoms with E-state index in [2.05, 4.69) is 30.8 Å². The lowest BCUT2D eigenvalue weighted by molar-refractivity contribution is -0.0905. The molecule has 1 fully saturated rings. The SMILES string of the molecule is CCCNCC(C)S(=O)(=O)NC1CCOC(CC)(CC)C1. The normalized spacial score (nSPS) is 23.9. The van der Waals surface area contributed by atoms with Crippen molar-refractivity contribution < 1.29 is 13.2 Å². The van der Waals surface area contributed by atoms with E-state index in [9.17, 15) is 8.42 Å². The smallest absolute Gasteiger partial charge is 0.215 e. The van der Waals surface area contributed by atoms with E-state index >= 15 is 0 Å². The van der Waals surface area contributed by atoms with Gasteiger partial charge in [-0.2, -0.15) is 0 Å². The van der Waals surface area contributed by atoms with Crippen LogP contribution >= 0.6 is 0 Å². The Morgan fingerprint density at radius 1 is 1.29 bits per heavy atom. The molecule has 0 aliphatic carbocycles. The highest BCUT2D eigenvalue weighted by Gasteiger charge is 2.36. The molecule has 6 heteroatoms. The predicted molar refractivity (Wildman–Crippen MR) is 87.0 cm³/mol. The van der Waals surface area contributed by atoms with Gasteiger partial charge in [0.1, 0.15) is 0 Å². The fourth-order valence-electron chi connectivity index (χ4n) is 2.81. The van der Waals surface area contributed by atoms with Gasteiger partial charge in [-0.15, -0.1) is 0 Å². The number of sulfonamides is 1. The molecular weight excluding hydrogens is 288 g/mol. The molecule has 0 aromatic rings. The van der Waals surface area contributed by atoms with E-state index in [-0.39, 0.29) is 11.6 Å². The van der Waals surface area contributed by atoms with Gasteiger partial charge in [0.05, 0.1) is 10.9 Å². The Balaban J connectivity index is 2.58. The van der Waals surface area contributed by atoms with Gasteiger partial charge in [0, 0.05) is 19.2 Å². The molecule has 0 bridgehead atoms. The predicted octanol–water partition coefficient (Wildman–Crippen LogP) is 2.03. The molecule has 1 aliphatic heterocycles. The Bertz CT molecular complexity index is 394. The molecule has 0 aromatic carbocycles. The van der Waals surface area contributed by atoms with Crippen LogP contribution in [0, 0.1) is 0 Å². The van der Waals surface area contributed by atoms with Gasteiger partial charge in [-0.1, -0.05) is 20.8 Å². The zero-order chi connectivity index (χ0) is 15.9. The Morgan fingerprint density at radius 2 is 1.95 bits per heavy atom. The van der Waals surface area contributed by atoms with Crippen LogP contribution in [0.4, 0.5) is 0 Å². The van der Waals surface area contributed by atoms with Gasteiger partial charge in [-0.3, -0.25) is 0 Å². The molecule has 21 heavy (non-hydrogen) atoms. The Labute approximate surface area is 130 Å². The van der Waals surface area contributed by atoms with Crippen molar-refractivity contribution in [1.29, 1.82) is 0 Å². The number of rotatable bonds is 9. The number of nitrogens with one attached hydrogen (secondary N) is 2. The summed E-state index contributed by atoms with van der Waals surface area (Å²) in [5, 5.41) is 2.76. The van der Waals surface area contributed by atoms with Gasteiger partial charge >= 0.3 is 0 Å². The van der Waals surface area contributed by atoms with Crippen molar-refractivity contribution in [3.8, 4) is 0 Å². The minimum Gasteiger partial charge on any atom is -0.375 e. The molecule has 1 saturated heterocycles. The lowest BCUT2D eigenvalue weighted by Crippen LogP contribution is -2.50. The summed E-state index contributed by atoms with van der Waals surface area (Å²) in [7, 11) is -3.28. The van der Waals surface area contributed by atoms with Crippen molar-refractivity contribution in [1.82, 2.24) is 10.0 Å². The molecule has 126 valence electrons. The average Bonchev–Trinajstić information content (AvgIpc) is 2.47. The number of ether oxygens (including phenoxy) is 1. The number of hydrogen-bond donors (Lipinski definition) is 2. The molecule has 0 saturated carbocycles. The molecule has 2 atom stereocenters. The second-order valence-corrected chi connectivity index (χ2v) is 8.24. The summed E-state index contributed by atoms with van der Waals surface area (Å²) in [5.41, 5.74) is -0.158. The zero-order valence-electron chi connectivity index (χ0n) is 13.9. The fourth-order valence-corrected chi connectivity index (χ4v) is 4.05. The molecule has 1 aliphatic rings. The Hall–Kier alpha value is -0.170. The van der Waals surface area contributed by atoms with Gasteiger partial charge in [0.2, 0.25) is 10.0 Å². The quantitative estimate of drug-likeness (QED) is 0.638. The third-order valence-electron chi connectivity index (χ3n) is 4.50. The van der Waals surface area contributed by atoms with Crippen molar-refractivity contribution in [2.24, 2.45) is 0 Å². The zero-order valence-corrected chi connectivity index (χ0v) is 14.8. The van der Waals surface area contributed by atoms with Crippen LogP contribution in [0.25, 0.3) is 0 Å². The van der Waals surface area contributed by atoms with E-state index in [1.54, 1.807) is 6.92 Å². The average molecular weight is 320 g/mol. The van der Waals surface area contributed by atoms with Crippen LogP contribution < -0.4 is 10.0 Å². The van der Waals surface area contributed by atoms with Crippen LogP contribution in [-0.2, 0) is 14.8 Å². The van der Waals surface area contributed by atoms with Crippen LogP contribution in [-0.4, -0.2) is 45.0 Å². The molecule has 2 unspecified atom stereocenters. The van der Waals surface area contributed by atoms with Crippen LogP contribution in [0.15, 0.2) is 0 Å². The summed E-state index contributed by atoms with van der Waals surface area (Å²) in [6, 6.07) is -0.00252. The van der Waals surface area contributed by atoms with Crippen molar-refractivity contribution in [2.75, 3.05) is 19.7 Å². The largest absolute Gasteiger partial charge is 0.375 e. The molecule has 5 nitrogen and oxygen atoms in total. The third-order valence-corrected chi connectivity index (χ3v) is 6.39.